The Labute approximate surface area is 82.2 Å². The van der Waals surface area contributed by atoms with Crippen LogP contribution in [0.25, 0.3) is 0 Å². The molecule has 0 saturated carbocycles. The minimum Gasteiger partial charge on any atom is -0.481 e. The van der Waals surface area contributed by atoms with Crippen LogP contribution in [0.3, 0.4) is 0 Å². The van der Waals surface area contributed by atoms with Crippen molar-refractivity contribution in [2.75, 3.05) is 11.9 Å². The first-order valence-electron chi connectivity index (χ1n) is 4.40. The third kappa shape index (κ3) is 3.84. The monoisotopic (exact) mass is 195 g/mol. The van der Waals surface area contributed by atoms with E-state index in [1.807, 2.05) is 6.92 Å². The van der Waals surface area contributed by atoms with Crippen molar-refractivity contribution in [3.05, 3.63) is 18.6 Å². The highest BCUT2D eigenvalue weighted by Crippen LogP contribution is 2.04. The molecule has 76 valence electrons. The smallest absolute Gasteiger partial charge is 0.303 e. The molecule has 2 N–H and O–H groups in total. The van der Waals surface area contributed by atoms with E-state index in [4.69, 9.17) is 5.11 Å². The van der Waals surface area contributed by atoms with Crippen molar-refractivity contribution >= 4 is 11.8 Å². The van der Waals surface area contributed by atoms with Crippen LogP contribution < -0.4 is 5.32 Å². The van der Waals surface area contributed by atoms with Crippen LogP contribution in [0.2, 0.25) is 0 Å². The lowest BCUT2D eigenvalue weighted by molar-refractivity contribution is -0.137. The molecule has 0 saturated heterocycles. The molecule has 1 aromatic rings. The molecule has 0 fully saturated rings. The van der Waals surface area contributed by atoms with Crippen LogP contribution in [0.4, 0.5) is 5.82 Å². The number of hydrogen-bond donors (Lipinski definition) is 2. The Morgan fingerprint density at radius 2 is 2.43 bits per heavy atom. The topological polar surface area (TPSA) is 75.1 Å². The van der Waals surface area contributed by atoms with Gasteiger partial charge in [-0.3, -0.25) is 9.78 Å². The van der Waals surface area contributed by atoms with Gasteiger partial charge in [-0.15, -0.1) is 0 Å². The lowest BCUT2D eigenvalue weighted by Crippen LogP contribution is -2.15. The zero-order chi connectivity index (χ0) is 10.4. The van der Waals surface area contributed by atoms with Crippen molar-refractivity contribution in [1.82, 2.24) is 9.97 Å². The molecule has 5 heteroatoms. The second-order valence-electron chi connectivity index (χ2n) is 3.17. The first-order valence-corrected chi connectivity index (χ1v) is 4.40. The zero-order valence-corrected chi connectivity index (χ0v) is 7.97. The molecular weight excluding hydrogens is 182 g/mol. The summed E-state index contributed by atoms with van der Waals surface area (Å²) in [5.41, 5.74) is 0. The summed E-state index contributed by atoms with van der Waals surface area (Å²) in [6, 6.07) is 0. The molecule has 0 amide bonds. The van der Waals surface area contributed by atoms with Gasteiger partial charge in [-0.1, -0.05) is 6.92 Å². The number of rotatable bonds is 5. The summed E-state index contributed by atoms with van der Waals surface area (Å²) >= 11 is 0. The van der Waals surface area contributed by atoms with Crippen LogP contribution >= 0.6 is 0 Å². The quantitative estimate of drug-likeness (QED) is 0.733. The van der Waals surface area contributed by atoms with E-state index >= 15 is 0 Å². The maximum atomic E-state index is 10.4. The van der Waals surface area contributed by atoms with E-state index in [0.29, 0.717) is 12.4 Å². The summed E-state index contributed by atoms with van der Waals surface area (Å²) in [7, 11) is 0. The Hall–Kier alpha value is -1.65. The normalized spacial score (nSPS) is 12.1. The first-order chi connectivity index (χ1) is 6.68. The Morgan fingerprint density at radius 3 is 3.00 bits per heavy atom. The number of anilines is 1. The number of carbonyl (C=O) groups is 1. The lowest BCUT2D eigenvalue weighted by Gasteiger charge is -2.09. The van der Waals surface area contributed by atoms with Gasteiger partial charge in [0.2, 0.25) is 0 Å². The van der Waals surface area contributed by atoms with Gasteiger partial charge < -0.3 is 10.4 Å². The molecule has 0 radical (unpaired) electrons. The van der Waals surface area contributed by atoms with Gasteiger partial charge in [-0.2, -0.15) is 0 Å². The molecule has 0 spiro atoms. The zero-order valence-electron chi connectivity index (χ0n) is 7.97. The second-order valence-corrected chi connectivity index (χ2v) is 3.17. The summed E-state index contributed by atoms with van der Waals surface area (Å²) in [6.45, 7) is 2.46. The second kappa shape index (κ2) is 5.16. The fraction of sp³-hybridized carbons (Fsp3) is 0.444. The number of carboxylic acid groups (broad SMARTS) is 1. The molecular formula is C9H13N3O2. The Bertz CT molecular complexity index is 289. The predicted molar refractivity (Wildman–Crippen MR) is 51.9 cm³/mol. The SMILES string of the molecule is CC(CNc1cnccn1)CC(=O)O. The molecule has 1 heterocycles. The molecule has 0 aliphatic rings. The van der Waals surface area contributed by atoms with Crippen molar-refractivity contribution in [2.24, 2.45) is 5.92 Å². The van der Waals surface area contributed by atoms with Gasteiger partial charge >= 0.3 is 5.97 Å². The van der Waals surface area contributed by atoms with E-state index in [0.717, 1.165) is 0 Å². The molecule has 1 aromatic heterocycles. The van der Waals surface area contributed by atoms with Crippen molar-refractivity contribution in [1.29, 1.82) is 0 Å². The number of hydrogen-bond acceptors (Lipinski definition) is 4. The minimum atomic E-state index is -0.779. The fourth-order valence-electron chi connectivity index (χ4n) is 1.04. The van der Waals surface area contributed by atoms with E-state index in [9.17, 15) is 4.79 Å². The predicted octanol–water partition coefficient (Wildman–Crippen LogP) is 0.999. The summed E-state index contributed by atoms with van der Waals surface area (Å²) in [4.78, 5) is 18.3. The maximum Gasteiger partial charge on any atom is 0.303 e. The third-order valence-corrected chi connectivity index (χ3v) is 1.72. The number of carboxylic acids is 1. The highest BCUT2D eigenvalue weighted by Gasteiger charge is 2.06. The minimum absolute atomic E-state index is 0.0782. The van der Waals surface area contributed by atoms with Crippen molar-refractivity contribution in [3.63, 3.8) is 0 Å². The van der Waals surface area contributed by atoms with Gasteiger partial charge in [0.1, 0.15) is 5.82 Å². The van der Waals surface area contributed by atoms with E-state index in [1.54, 1.807) is 18.6 Å². The summed E-state index contributed by atoms with van der Waals surface area (Å²) in [5, 5.41) is 11.5. The molecule has 0 aliphatic carbocycles. The van der Waals surface area contributed by atoms with Crippen molar-refractivity contribution in [2.45, 2.75) is 13.3 Å². The molecule has 1 atom stereocenters. The summed E-state index contributed by atoms with van der Waals surface area (Å²) in [5.74, 6) is -0.0299. The molecule has 0 aromatic carbocycles. The molecule has 0 bridgehead atoms. The fourth-order valence-corrected chi connectivity index (χ4v) is 1.04. The summed E-state index contributed by atoms with van der Waals surface area (Å²) in [6.07, 6.45) is 4.94. The summed E-state index contributed by atoms with van der Waals surface area (Å²) < 4.78 is 0. The highest BCUT2D eigenvalue weighted by atomic mass is 16.4. The number of aliphatic carboxylic acids is 1. The van der Waals surface area contributed by atoms with Gasteiger partial charge in [0.15, 0.2) is 0 Å². The molecule has 1 unspecified atom stereocenters. The number of aromatic nitrogens is 2. The maximum absolute atomic E-state index is 10.4. The van der Waals surface area contributed by atoms with E-state index in [2.05, 4.69) is 15.3 Å². The Balaban J connectivity index is 2.30. The van der Waals surface area contributed by atoms with Crippen LogP contribution in [0.1, 0.15) is 13.3 Å². The van der Waals surface area contributed by atoms with Crippen LogP contribution in [0, 0.1) is 5.92 Å². The Morgan fingerprint density at radius 1 is 1.64 bits per heavy atom. The van der Waals surface area contributed by atoms with Crippen LogP contribution in [-0.4, -0.2) is 27.6 Å². The van der Waals surface area contributed by atoms with E-state index < -0.39 is 5.97 Å². The van der Waals surface area contributed by atoms with Gasteiger partial charge in [-0.25, -0.2) is 4.98 Å². The van der Waals surface area contributed by atoms with Crippen LogP contribution in [0.5, 0.6) is 0 Å². The molecule has 0 aliphatic heterocycles. The van der Waals surface area contributed by atoms with Gasteiger partial charge in [0.25, 0.3) is 0 Å². The number of nitrogens with one attached hydrogen (secondary N) is 1. The molecule has 1 rings (SSSR count). The average molecular weight is 195 g/mol. The standard InChI is InChI=1S/C9H13N3O2/c1-7(4-9(13)14)5-12-8-6-10-2-3-11-8/h2-3,6-7H,4-5H2,1H3,(H,11,12)(H,13,14). The number of nitrogens with zero attached hydrogens (tertiary/aromatic N) is 2. The van der Waals surface area contributed by atoms with Crippen molar-refractivity contribution < 1.29 is 9.90 Å². The van der Waals surface area contributed by atoms with Gasteiger partial charge in [0, 0.05) is 25.4 Å². The van der Waals surface area contributed by atoms with Crippen LogP contribution in [0.15, 0.2) is 18.6 Å². The first kappa shape index (κ1) is 10.4. The lowest BCUT2D eigenvalue weighted by atomic mass is 10.1. The average Bonchev–Trinajstić information content (AvgIpc) is 2.15. The molecule has 5 nitrogen and oxygen atoms in total. The molecule has 14 heavy (non-hydrogen) atoms. The third-order valence-electron chi connectivity index (χ3n) is 1.72. The van der Waals surface area contributed by atoms with Gasteiger partial charge in [0.05, 0.1) is 6.20 Å². The Kier molecular flexibility index (Phi) is 3.84. The van der Waals surface area contributed by atoms with E-state index in [1.165, 1.54) is 0 Å². The van der Waals surface area contributed by atoms with Crippen LogP contribution in [-0.2, 0) is 4.79 Å². The highest BCUT2D eigenvalue weighted by molar-refractivity contribution is 5.67. The van der Waals surface area contributed by atoms with Crippen molar-refractivity contribution in [3.8, 4) is 0 Å². The van der Waals surface area contributed by atoms with E-state index in [-0.39, 0.29) is 12.3 Å². The van der Waals surface area contributed by atoms with Gasteiger partial charge in [-0.05, 0) is 5.92 Å². The largest absolute Gasteiger partial charge is 0.481 e.